The van der Waals surface area contributed by atoms with E-state index in [0.29, 0.717) is 18.6 Å². The van der Waals surface area contributed by atoms with Gasteiger partial charge in [0.1, 0.15) is 17.4 Å². The van der Waals surface area contributed by atoms with Gasteiger partial charge >= 0.3 is 0 Å². The van der Waals surface area contributed by atoms with Crippen molar-refractivity contribution in [1.29, 1.82) is 0 Å². The molecule has 36 heavy (non-hydrogen) atoms. The van der Waals surface area contributed by atoms with Crippen LogP contribution in [-0.4, -0.2) is 31.7 Å². The lowest BCUT2D eigenvalue weighted by atomic mass is 10.0. The van der Waals surface area contributed by atoms with Crippen molar-refractivity contribution in [1.82, 2.24) is 20.3 Å². The molecule has 0 bridgehead atoms. The second kappa shape index (κ2) is 11.7. The van der Waals surface area contributed by atoms with Crippen molar-refractivity contribution < 1.29 is 14.7 Å². The Morgan fingerprint density at radius 2 is 1.86 bits per heavy atom. The maximum absolute atomic E-state index is 13.2. The Balaban J connectivity index is 1.48. The molecule has 2 aromatic carbocycles. The number of nitrogens with zero attached hydrogens (tertiary/aromatic N) is 1. The van der Waals surface area contributed by atoms with Crippen LogP contribution >= 0.6 is 0 Å². The summed E-state index contributed by atoms with van der Waals surface area (Å²) in [5, 5.41) is 14.0. The number of ketones is 1. The molecule has 4 aromatic rings. The minimum atomic E-state index is -0.268. The fraction of sp³-hybridized carbons (Fsp3) is 0.345. The van der Waals surface area contributed by atoms with E-state index in [4.69, 9.17) is 0 Å². The predicted molar refractivity (Wildman–Crippen MR) is 142 cm³/mol. The number of benzene rings is 2. The summed E-state index contributed by atoms with van der Waals surface area (Å²) in [5.41, 5.74) is 4.62. The monoisotopic (exact) mass is 486 g/mol. The first-order valence-corrected chi connectivity index (χ1v) is 12.7. The van der Waals surface area contributed by atoms with E-state index < -0.39 is 0 Å². The second-order valence-electron chi connectivity index (χ2n) is 9.30. The van der Waals surface area contributed by atoms with E-state index in [1.54, 1.807) is 18.3 Å². The van der Waals surface area contributed by atoms with Crippen LogP contribution in [0.2, 0.25) is 0 Å². The summed E-state index contributed by atoms with van der Waals surface area (Å²) in [6.07, 6.45) is 6.57. The number of amides is 1. The van der Waals surface area contributed by atoms with E-state index >= 15 is 0 Å². The Kier molecular flexibility index (Phi) is 8.21. The third-order valence-corrected chi connectivity index (χ3v) is 6.63. The van der Waals surface area contributed by atoms with Crippen molar-refractivity contribution in [3.63, 3.8) is 0 Å². The Labute approximate surface area is 211 Å². The number of hydrogen-bond acceptors (Lipinski definition) is 4. The number of carbonyl (C=O) groups is 2. The quantitative estimate of drug-likeness (QED) is 0.187. The van der Waals surface area contributed by atoms with E-state index in [9.17, 15) is 14.7 Å². The number of aromatic nitrogens is 3. The number of H-pyrrole nitrogens is 2. The lowest BCUT2D eigenvalue weighted by Gasteiger charge is -2.17. The third kappa shape index (κ3) is 6.22. The normalized spacial score (nSPS) is 12.1. The molecule has 1 atom stereocenters. The summed E-state index contributed by atoms with van der Waals surface area (Å²) in [5.74, 6) is 1.08. The highest BCUT2D eigenvalue weighted by molar-refractivity contribution is 5.91. The first-order valence-electron chi connectivity index (χ1n) is 12.7. The second-order valence-corrected chi connectivity index (χ2v) is 9.30. The van der Waals surface area contributed by atoms with Gasteiger partial charge < -0.3 is 20.4 Å². The van der Waals surface area contributed by atoms with Crippen LogP contribution in [0, 0.1) is 6.92 Å². The zero-order chi connectivity index (χ0) is 25.5. The summed E-state index contributed by atoms with van der Waals surface area (Å²) in [4.78, 5) is 36.1. The summed E-state index contributed by atoms with van der Waals surface area (Å²) in [6.45, 7) is 3.83. The summed E-state index contributed by atoms with van der Waals surface area (Å²) < 4.78 is 0. The number of unbranched alkanes of at least 4 members (excludes halogenated alkanes) is 2. The van der Waals surface area contributed by atoms with E-state index in [1.807, 2.05) is 50.2 Å². The molecular weight excluding hydrogens is 452 g/mol. The number of Topliss-reactive ketones (excluding diaryl/α,β-unsaturated/α-hetero) is 1. The molecule has 1 amide bonds. The van der Waals surface area contributed by atoms with Crippen LogP contribution in [0.25, 0.3) is 22.2 Å². The zero-order valence-corrected chi connectivity index (χ0v) is 20.9. The van der Waals surface area contributed by atoms with Crippen LogP contribution in [0.15, 0.2) is 54.7 Å². The number of rotatable bonds is 12. The van der Waals surface area contributed by atoms with Gasteiger partial charge in [-0.05, 0) is 49.1 Å². The number of nitrogens with one attached hydrogen (secondary N) is 3. The summed E-state index contributed by atoms with van der Waals surface area (Å²) >= 11 is 0. The summed E-state index contributed by atoms with van der Waals surface area (Å²) in [6, 6.07) is 14.8. The summed E-state index contributed by atoms with van der Waals surface area (Å²) in [7, 11) is 0. The Morgan fingerprint density at radius 1 is 1.06 bits per heavy atom. The largest absolute Gasteiger partial charge is 0.508 e. The molecule has 0 saturated carbocycles. The molecule has 7 nitrogen and oxygen atoms in total. The molecule has 7 heteroatoms. The van der Waals surface area contributed by atoms with Crippen molar-refractivity contribution in [2.24, 2.45) is 0 Å². The predicted octanol–water partition coefficient (Wildman–Crippen LogP) is 5.90. The van der Waals surface area contributed by atoms with Crippen molar-refractivity contribution in [3.8, 4) is 17.0 Å². The van der Waals surface area contributed by atoms with Gasteiger partial charge in [-0.1, -0.05) is 50.1 Å². The molecule has 0 aliphatic carbocycles. The fourth-order valence-electron chi connectivity index (χ4n) is 4.58. The van der Waals surface area contributed by atoms with Gasteiger partial charge in [0.25, 0.3) is 0 Å². The van der Waals surface area contributed by atoms with E-state index in [2.05, 4.69) is 20.3 Å². The maximum atomic E-state index is 13.2. The molecule has 4 N–H and O–H groups in total. The molecule has 0 spiro atoms. The van der Waals surface area contributed by atoms with Gasteiger partial charge in [0.15, 0.2) is 0 Å². The minimum Gasteiger partial charge on any atom is -0.508 e. The molecule has 2 aromatic heterocycles. The number of imidazole rings is 1. The van der Waals surface area contributed by atoms with E-state index in [0.717, 1.165) is 64.9 Å². The van der Waals surface area contributed by atoms with Gasteiger partial charge in [0.2, 0.25) is 5.91 Å². The van der Waals surface area contributed by atoms with Gasteiger partial charge in [-0.25, -0.2) is 4.98 Å². The van der Waals surface area contributed by atoms with Gasteiger partial charge in [-0.15, -0.1) is 0 Å². The van der Waals surface area contributed by atoms with Crippen molar-refractivity contribution in [2.45, 2.75) is 64.8 Å². The molecule has 0 fully saturated rings. The molecule has 0 saturated heterocycles. The molecule has 0 aliphatic rings. The van der Waals surface area contributed by atoms with Crippen molar-refractivity contribution >= 4 is 22.6 Å². The average Bonchev–Trinajstić information content (AvgIpc) is 3.49. The van der Waals surface area contributed by atoms with E-state index in [-0.39, 0.29) is 24.1 Å². The number of fused-ring (bicyclic) bond motifs is 1. The van der Waals surface area contributed by atoms with Crippen LogP contribution in [0.1, 0.15) is 68.6 Å². The fourth-order valence-corrected chi connectivity index (χ4v) is 4.58. The molecule has 0 unspecified atom stereocenters. The van der Waals surface area contributed by atoms with Crippen LogP contribution in [0.3, 0.4) is 0 Å². The minimum absolute atomic E-state index is 0.105. The van der Waals surface area contributed by atoms with E-state index in [1.165, 1.54) is 0 Å². The topological polar surface area (TPSA) is 111 Å². The SMILES string of the molecule is CCC(=O)CCCCC[C@H](NC(=O)Cc1c(C)[nH]c2ccc(O)cc12)c1ncc(-c2ccccc2)[nH]1. The Morgan fingerprint density at radius 3 is 2.64 bits per heavy atom. The number of aromatic amines is 2. The smallest absolute Gasteiger partial charge is 0.225 e. The highest BCUT2D eigenvalue weighted by Crippen LogP contribution is 2.27. The number of hydrogen-bond donors (Lipinski definition) is 4. The Bertz CT molecular complexity index is 1320. The van der Waals surface area contributed by atoms with Gasteiger partial charge in [0, 0.05) is 29.4 Å². The van der Waals surface area contributed by atoms with Crippen molar-refractivity contribution in [3.05, 3.63) is 71.8 Å². The first kappa shape index (κ1) is 25.2. The zero-order valence-electron chi connectivity index (χ0n) is 20.9. The lowest BCUT2D eigenvalue weighted by Crippen LogP contribution is -2.30. The number of carbonyl (C=O) groups excluding carboxylic acids is 2. The third-order valence-electron chi connectivity index (χ3n) is 6.63. The number of aromatic hydroxyl groups is 1. The highest BCUT2D eigenvalue weighted by Gasteiger charge is 2.20. The van der Waals surface area contributed by atoms with Crippen molar-refractivity contribution in [2.75, 3.05) is 0 Å². The van der Waals surface area contributed by atoms with Gasteiger partial charge in [-0.3, -0.25) is 9.59 Å². The van der Waals surface area contributed by atoms with Gasteiger partial charge in [0.05, 0.1) is 24.4 Å². The first-order chi connectivity index (χ1) is 17.4. The molecule has 188 valence electrons. The molecule has 0 aliphatic heterocycles. The molecular formula is C29H34N4O3. The van der Waals surface area contributed by atoms with Crippen LogP contribution in [0.4, 0.5) is 0 Å². The average molecular weight is 487 g/mol. The number of phenolic OH excluding ortho intramolecular Hbond substituents is 1. The maximum Gasteiger partial charge on any atom is 0.225 e. The lowest BCUT2D eigenvalue weighted by molar-refractivity contribution is -0.121. The molecule has 4 rings (SSSR count). The number of aryl methyl sites for hydroxylation is 1. The van der Waals surface area contributed by atoms with Crippen LogP contribution in [0.5, 0.6) is 5.75 Å². The molecule has 0 radical (unpaired) electrons. The Hall–Kier alpha value is -3.87. The molecule has 2 heterocycles. The standard InChI is InChI=1S/C29H34N4O3/c1-3-21(34)12-8-5-9-13-26(29-30-18-27(33-29)20-10-6-4-7-11-20)32-28(36)17-23-19(2)31-25-15-14-22(35)16-24(23)25/h4,6-7,10-11,14-16,18,26,31,35H,3,5,8-9,12-13,17H2,1-2H3,(H,30,33)(H,32,36)/t26-/m0/s1. The van der Waals surface area contributed by atoms with Gasteiger partial charge in [-0.2, -0.15) is 0 Å². The number of phenols is 1. The van der Waals surface area contributed by atoms with Crippen LogP contribution in [-0.2, 0) is 16.0 Å². The highest BCUT2D eigenvalue weighted by atomic mass is 16.3. The van der Waals surface area contributed by atoms with Crippen LogP contribution < -0.4 is 5.32 Å².